The molecule has 32 heavy (non-hydrogen) atoms. The molecule has 164 valence electrons. The standard InChI is InChI=1S/C24H20ClNO5S/c25-21-10-9-17(32(28,29)26-12-4-1-5-13-26)15-20(21)24(27)30-16-8-11-23-19(14-16)18-6-2-3-7-22(18)31-23/h2-3,6-11,14-15H,1,4-5,12-13H2. The van der Waals surface area contributed by atoms with Crippen LogP contribution in [0.1, 0.15) is 29.6 Å². The van der Waals surface area contributed by atoms with Crippen molar-refractivity contribution in [1.82, 2.24) is 4.31 Å². The molecule has 0 amide bonds. The number of piperidine rings is 1. The number of benzene rings is 3. The molecule has 1 aliphatic rings. The summed E-state index contributed by atoms with van der Waals surface area (Å²) >= 11 is 6.22. The third-order valence-corrected chi connectivity index (χ3v) is 7.89. The van der Waals surface area contributed by atoms with Crippen molar-refractivity contribution in [3.63, 3.8) is 0 Å². The average Bonchev–Trinajstić information content (AvgIpc) is 3.18. The van der Waals surface area contributed by atoms with Gasteiger partial charge in [0.2, 0.25) is 10.0 Å². The summed E-state index contributed by atoms with van der Waals surface area (Å²) in [5, 5.41) is 1.86. The second-order valence-corrected chi connectivity index (χ2v) is 10.1. The number of hydrogen-bond acceptors (Lipinski definition) is 5. The van der Waals surface area contributed by atoms with Crippen molar-refractivity contribution in [1.29, 1.82) is 0 Å². The van der Waals surface area contributed by atoms with Gasteiger partial charge in [-0.25, -0.2) is 13.2 Å². The zero-order valence-corrected chi connectivity index (χ0v) is 18.7. The Morgan fingerprint density at radius 2 is 1.66 bits per heavy atom. The molecule has 8 heteroatoms. The summed E-state index contributed by atoms with van der Waals surface area (Å²) in [6.07, 6.45) is 2.67. The molecule has 0 bridgehead atoms. The Morgan fingerprint density at radius 1 is 0.906 bits per heavy atom. The van der Waals surface area contributed by atoms with Crippen LogP contribution in [-0.2, 0) is 10.0 Å². The predicted molar refractivity (Wildman–Crippen MR) is 123 cm³/mol. The number of fused-ring (bicyclic) bond motifs is 3. The molecule has 0 N–H and O–H groups in total. The van der Waals surface area contributed by atoms with Crippen LogP contribution in [0.5, 0.6) is 5.75 Å². The van der Waals surface area contributed by atoms with Gasteiger partial charge in [-0.3, -0.25) is 0 Å². The highest BCUT2D eigenvalue weighted by molar-refractivity contribution is 7.89. The number of furan rings is 1. The molecule has 0 unspecified atom stereocenters. The zero-order chi connectivity index (χ0) is 22.3. The molecule has 0 radical (unpaired) electrons. The van der Waals surface area contributed by atoms with Gasteiger partial charge in [-0.05, 0) is 55.3 Å². The van der Waals surface area contributed by atoms with Gasteiger partial charge in [-0.1, -0.05) is 36.2 Å². The van der Waals surface area contributed by atoms with Gasteiger partial charge in [0.1, 0.15) is 16.9 Å². The number of rotatable bonds is 4. The summed E-state index contributed by atoms with van der Waals surface area (Å²) in [5.41, 5.74) is 1.42. The third-order valence-electron chi connectivity index (χ3n) is 5.67. The van der Waals surface area contributed by atoms with Crippen LogP contribution in [0.25, 0.3) is 21.9 Å². The van der Waals surface area contributed by atoms with Crippen molar-refractivity contribution in [3.05, 3.63) is 71.2 Å². The Labute approximate surface area is 190 Å². The fraction of sp³-hybridized carbons (Fsp3) is 0.208. The summed E-state index contributed by atoms with van der Waals surface area (Å²) < 4.78 is 38.8. The first-order valence-corrected chi connectivity index (χ1v) is 12.2. The van der Waals surface area contributed by atoms with E-state index in [2.05, 4.69) is 0 Å². The van der Waals surface area contributed by atoms with Crippen molar-refractivity contribution in [2.24, 2.45) is 0 Å². The molecule has 0 aliphatic carbocycles. The molecule has 1 aromatic heterocycles. The van der Waals surface area contributed by atoms with Crippen LogP contribution in [0.2, 0.25) is 5.02 Å². The van der Waals surface area contributed by atoms with Crippen LogP contribution in [-0.4, -0.2) is 31.8 Å². The molecule has 1 saturated heterocycles. The highest BCUT2D eigenvalue weighted by Gasteiger charge is 2.27. The Kier molecular flexibility index (Phi) is 5.41. The number of nitrogens with zero attached hydrogens (tertiary/aromatic N) is 1. The smallest absolute Gasteiger partial charge is 0.345 e. The van der Waals surface area contributed by atoms with E-state index in [9.17, 15) is 13.2 Å². The van der Waals surface area contributed by atoms with Crippen LogP contribution in [0, 0.1) is 0 Å². The van der Waals surface area contributed by atoms with Gasteiger partial charge in [0.25, 0.3) is 0 Å². The molecule has 1 aliphatic heterocycles. The van der Waals surface area contributed by atoms with Crippen molar-refractivity contribution in [2.75, 3.05) is 13.1 Å². The number of carbonyl (C=O) groups excluding carboxylic acids is 1. The second-order valence-electron chi connectivity index (χ2n) is 7.75. The largest absolute Gasteiger partial charge is 0.456 e. The lowest BCUT2D eigenvalue weighted by Gasteiger charge is -2.26. The van der Waals surface area contributed by atoms with Gasteiger partial charge in [-0.15, -0.1) is 0 Å². The Morgan fingerprint density at radius 3 is 2.47 bits per heavy atom. The number of sulfonamides is 1. The second kappa shape index (κ2) is 8.24. The van der Waals surface area contributed by atoms with E-state index in [0.29, 0.717) is 24.4 Å². The van der Waals surface area contributed by atoms with E-state index in [1.165, 1.54) is 22.5 Å². The van der Waals surface area contributed by atoms with E-state index >= 15 is 0 Å². The van der Waals surface area contributed by atoms with E-state index in [0.717, 1.165) is 35.6 Å². The number of para-hydroxylation sites is 1. The first-order valence-electron chi connectivity index (χ1n) is 10.4. The van der Waals surface area contributed by atoms with Crippen LogP contribution in [0.3, 0.4) is 0 Å². The highest BCUT2D eigenvalue weighted by atomic mass is 35.5. The molecule has 0 atom stereocenters. The monoisotopic (exact) mass is 469 g/mol. The van der Waals surface area contributed by atoms with E-state index < -0.39 is 16.0 Å². The van der Waals surface area contributed by atoms with Crippen LogP contribution >= 0.6 is 11.6 Å². The Hall–Kier alpha value is -2.87. The Balaban J connectivity index is 1.45. The summed E-state index contributed by atoms with van der Waals surface area (Å²) in [5.74, 6) is -0.410. The van der Waals surface area contributed by atoms with Gasteiger partial charge in [0.15, 0.2) is 0 Å². The maximum Gasteiger partial charge on any atom is 0.345 e. The first kappa shape index (κ1) is 21.0. The maximum absolute atomic E-state index is 13.0. The number of carbonyl (C=O) groups is 1. The van der Waals surface area contributed by atoms with Gasteiger partial charge < -0.3 is 9.15 Å². The lowest BCUT2D eigenvalue weighted by atomic mass is 10.1. The van der Waals surface area contributed by atoms with Gasteiger partial charge >= 0.3 is 5.97 Å². The molecule has 1 fully saturated rings. The molecular weight excluding hydrogens is 450 g/mol. The van der Waals surface area contributed by atoms with Crippen molar-refractivity contribution < 1.29 is 22.4 Å². The van der Waals surface area contributed by atoms with Gasteiger partial charge in [0, 0.05) is 23.9 Å². The minimum absolute atomic E-state index is 0.00176. The average molecular weight is 470 g/mol. The SMILES string of the molecule is O=C(Oc1ccc2oc3ccccc3c2c1)c1cc(S(=O)(=O)N2CCCCC2)ccc1Cl. The molecule has 3 aromatic carbocycles. The lowest BCUT2D eigenvalue weighted by molar-refractivity contribution is 0.0735. The van der Waals surface area contributed by atoms with Crippen molar-refractivity contribution in [3.8, 4) is 5.75 Å². The zero-order valence-electron chi connectivity index (χ0n) is 17.1. The molecule has 4 aromatic rings. The van der Waals surface area contributed by atoms with Crippen LogP contribution in [0.4, 0.5) is 0 Å². The molecule has 5 rings (SSSR count). The molecule has 0 spiro atoms. The minimum Gasteiger partial charge on any atom is -0.456 e. The minimum atomic E-state index is -3.70. The van der Waals surface area contributed by atoms with Gasteiger partial charge in [-0.2, -0.15) is 4.31 Å². The van der Waals surface area contributed by atoms with Crippen molar-refractivity contribution in [2.45, 2.75) is 24.2 Å². The lowest BCUT2D eigenvalue weighted by Crippen LogP contribution is -2.35. The molecule has 0 saturated carbocycles. The maximum atomic E-state index is 13.0. The normalized spacial score (nSPS) is 15.3. The number of halogens is 1. The summed E-state index contributed by atoms with van der Waals surface area (Å²) in [6, 6.07) is 16.8. The fourth-order valence-corrected chi connectivity index (χ4v) is 5.74. The van der Waals surface area contributed by atoms with Crippen molar-refractivity contribution >= 4 is 49.5 Å². The van der Waals surface area contributed by atoms with Gasteiger partial charge in [0.05, 0.1) is 15.5 Å². The molecular formula is C24H20ClNO5S. The number of ether oxygens (including phenoxy) is 1. The van der Waals surface area contributed by atoms with E-state index in [1.807, 2.05) is 24.3 Å². The topological polar surface area (TPSA) is 76.8 Å². The predicted octanol–water partition coefficient (Wildman–Crippen LogP) is 5.63. The summed E-state index contributed by atoms with van der Waals surface area (Å²) in [4.78, 5) is 12.9. The summed E-state index contributed by atoms with van der Waals surface area (Å²) in [6.45, 7) is 0.951. The Bertz CT molecular complexity index is 1440. The quantitative estimate of drug-likeness (QED) is 0.286. The third kappa shape index (κ3) is 3.77. The van der Waals surface area contributed by atoms with E-state index in [1.54, 1.807) is 18.2 Å². The molecule has 2 heterocycles. The van der Waals surface area contributed by atoms with E-state index in [4.69, 9.17) is 20.8 Å². The first-order chi connectivity index (χ1) is 15.4. The van der Waals surface area contributed by atoms with Crippen LogP contribution < -0.4 is 4.74 Å². The number of esters is 1. The summed E-state index contributed by atoms with van der Waals surface area (Å²) in [7, 11) is -3.70. The fourth-order valence-electron chi connectivity index (χ4n) is 4.01. The molecule has 6 nitrogen and oxygen atoms in total. The number of hydrogen-bond donors (Lipinski definition) is 0. The van der Waals surface area contributed by atoms with Crippen LogP contribution in [0.15, 0.2) is 70.0 Å². The van der Waals surface area contributed by atoms with E-state index in [-0.39, 0.29) is 15.5 Å². The highest BCUT2D eigenvalue weighted by Crippen LogP contribution is 2.32.